The third-order valence-corrected chi connectivity index (χ3v) is 2.96. The van der Waals surface area contributed by atoms with Crippen molar-refractivity contribution in [2.24, 2.45) is 0 Å². The first-order valence-electron chi connectivity index (χ1n) is 5.17. The van der Waals surface area contributed by atoms with Crippen molar-refractivity contribution in [1.82, 2.24) is 10.3 Å². The van der Waals surface area contributed by atoms with Crippen molar-refractivity contribution < 1.29 is 4.79 Å². The zero-order valence-corrected chi connectivity index (χ0v) is 10.2. The summed E-state index contributed by atoms with van der Waals surface area (Å²) in [5.74, 6) is -0.257. The molecular weight excluding hydrogens is 248 g/mol. The molecule has 0 aliphatic heterocycles. The summed E-state index contributed by atoms with van der Waals surface area (Å²) in [6, 6.07) is 9.06. The van der Waals surface area contributed by atoms with Crippen LogP contribution in [0.25, 0.3) is 0 Å². The Bertz CT molecular complexity index is 597. The number of carbonyl (C=O) groups is 1. The minimum atomic E-state index is -0.257. The molecule has 3 N–H and O–H groups in total. The lowest BCUT2D eigenvalue weighted by Crippen LogP contribution is -2.23. The summed E-state index contributed by atoms with van der Waals surface area (Å²) < 4.78 is 0. The van der Waals surface area contributed by atoms with Crippen LogP contribution in [0, 0.1) is 11.3 Å². The predicted octanol–water partition coefficient (Wildman–Crippen LogP) is 1.53. The standard InChI is InChI=1S/C12H10N4OS/c13-5-8-1-3-9(4-2-8)6-15-11(17)10-7-18-12(14)16-10/h1-4,7H,6H2,(H2,14,16)(H,15,17). The van der Waals surface area contributed by atoms with Crippen LogP contribution in [0.5, 0.6) is 0 Å². The molecule has 0 fully saturated rings. The van der Waals surface area contributed by atoms with Crippen molar-refractivity contribution in [3.05, 3.63) is 46.5 Å². The Morgan fingerprint density at radius 1 is 1.44 bits per heavy atom. The van der Waals surface area contributed by atoms with Gasteiger partial charge in [0.2, 0.25) is 0 Å². The first kappa shape index (κ1) is 12.1. The van der Waals surface area contributed by atoms with Gasteiger partial charge in [0.25, 0.3) is 5.91 Å². The van der Waals surface area contributed by atoms with Crippen LogP contribution < -0.4 is 11.1 Å². The summed E-state index contributed by atoms with van der Waals surface area (Å²) in [4.78, 5) is 15.6. The van der Waals surface area contributed by atoms with Gasteiger partial charge in [0.05, 0.1) is 11.6 Å². The summed E-state index contributed by atoms with van der Waals surface area (Å²) in [6.07, 6.45) is 0. The summed E-state index contributed by atoms with van der Waals surface area (Å²) in [7, 11) is 0. The Morgan fingerprint density at radius 3 is 2.72 bits per heavy atom. The van der Waals surface area contributed by atoms with Crippen LogP contribution in [0.4, 0.5) is 5.13 Å². The van der Waals surface area contributed by atoms with Crippen molar-refractivity contribution in [2.75, 3.05) is 5.73 Å². The van der Waals surface area contributed by atoms with E-state index in [4.69, 9.17) is 11.0 Å². The smallest absolute Gasteiger partial charge is 0.271 e. The molecule has 1 amide bonds. The van der Waals surface area contributed by atoms with E-state index in [0.29, 0.717) is 22.9 Å². The Morgan fingerprint density at radius 2 is 2.17 bits per heavy atom. The van der Waals surface area contributed by atoms with Gasteiger partial charge >= 0.3 is 0 Å². The van der Waals surface area contributed by atoms with E-state index in [-0.39, 0.29) is 5.91 Å². The van der Waals surface area contributed by atoms with Crippen LogP contribution in [0.2, 0.25) is 0 Å². The normalized spacial score (nSPS) is 9.72. The molecule has 5 nitrogen and oxygen atoms in total. The number of hydrogen-bond donors (Lipinski definition) is 2. The minimum Gasteiger partial charge on any atom is -0.375 e. The molecule has 1 aromatic heterocycles. The summed E-state index contributed by atoms with van der Waals surface area (Å²) in [6.45, 7) is 0.391. The molecule has 0 saturated heterocycles. The molecule has 90 valence electrons. The zero-order chi connectivity index (χ0) is 13.0. The first-order valence-corrected chi connectivity index (χ1v) is 6.05. The fourth-order valence-corrected chi connectivity index (χ4v) is 1.91. The number of aromatic nitrogens is 1. The van der Waals surface area contributed by atoms with Gasteiger partial charge in [0.15, 0.2) is 5.13 Å². The summed E-state index contributed by atoms with van der Waals surface area (Å²) in [5, 5.41) is 13.4. The fourth-order valence-electron chi connectivity index (χ4n) is 1.36. The number of thiazole rings is 1. The molecular formula is C12H10N4OS. The number of amides is 1. The second-order valence-electron chi connectivity index (χ2n) is 3.56. The lowest BCUT2D eigenvalue weighted by molar-refractivity contribution is 0.0946. The van der Waals surface area contributed by atoms with Gasteiger partial charge < -0.3 is 11.1 Å². The number of hydrogen-bond acceptors (Lipinski definition) is 5. The van der Waals surface area contributed by atoms with Crippen molar-refractivity contribution in [3.63, 3.8) is 0 Å². The van der Waals surface area contributed by atoms with Gasteiger partial charge in [-0.3, -0.25) is 4.79 Å². The summed E-state index contributed by atoms with van der Waals surface area (Å²) in [5.41, 5.74) is 7.29. The third-order valence-electron chi connectivity index (χ3n) is 2.29. The Hall–Kier alpha value is -2.39. The molecule has 0 spiro atoms. The van der Waals surface area contributed by atoms with Crippen LogP contribution in [-0.2, 0) is 6.54 Å². The average Bonchev–Trinajstić information content (AvgIpc) is 2.83. The summed E-state index contributed by atoms with van der Waals surface area (Å²) >= 11 is 1.23. The van der Waals surface area contributed by atoms with E-state index in [2.05, 4.69) is 10.3 Å². The average molecular weight is 258 g/mol. The maximum absolute atomic E-state index is 11.7. The molecule has 0 unspecified atom stereocenters. The van der Waals surface area contributed by atoms with E-state index in [9.17, 15) is 4.79 Å². The molecule has 1 aromatic carbocycles. The van der Waals surface area contributed by atoms with E-state index in [1.807, 2.05) is 6.07 Å². The Balaban J connectivity index is 1.95. The van der Waals surface area contributed by atoms with Crippen LogP contribution in [0.1, 0.15) is 21.6 Å². The molecule has 6 heteroatoms. The monoisotopic (exact) mass is 258 g/mol. The highest BCUT2D eigenvalue weighted by Crippen LogP contribution is 2.11. The van der Waals surface area contributed by atoms with Crippen LogP contribution in [-0.4, -0.2) is 10.9 Å². The molecule has 0 atom stereocenters. The van der Waals surface area contributed by atoms with Gasteiger partial charge in [0.1, 0.15) is 5.69 Å². The lowest BCUT2D eigenvalue weighted by atomic mass is 10.1. The maximum Gasteiger partial charge on any atom is 0.271 e. The molecule has 18 heavy (non-hydrogen) atoms. The van der Waals surface area contributed by atoms with E-state index >= 15 is 0 Å². The van der Waals surface area contributed by atoms with Gasteiger partial charge in [-0.25, -0.2) is 4.98 Å². The highest BCUT2D eigenvalue weighted by molar-refractivity contribution is 7.13. The number of carbonyl (C=O) groups excluding carboxylic acids is 1. The number of nitriles is 1. The second-order valence-corrected chi connectivity index (χ2v) is 4.45. The fraction of sp³-hybridized carbons (Fsp3) is 0.0833. The highest BCUT2D eigenvalue weighted by atomic mass is 32.1. The van der Waals surface area contributed by atoms with Crippen molar-refractivity contribution in [1.29, 1.82) is 5.26 Å². The third kappa shape index (κ3) is 2.84. The van der Waals surface area contributed by atoms with Crippen LogP contribution >= 0.6 is 11.3 Å². The van der Waals surface area contributed by atoms with E-state index < -0.39 is 0 Å². The maximum atomic E-state index is 11.7. The highest BCUT2D eigenvalue weighted by Gasteiger charge is 2.08. The van der Waals surface area contributed by atoms with E-state index in [1.165, 1.54) is 11.3 Å². The molecule has 2 aromatic rings. The topological polar surface area (TPSA) is 91.8 Å². The van der Waals surface area contributed by atoms with Gasteiger partial charge in [-0.15, -0.1) is 11.3 Å². The number of nitrogens with zero attached hydrogens (tertiary/aromatic N) is 2. The molecule has 1 heterocycles. The van der Waals surface area contributed by atoms with Crippen LogP contribution in [0.3, 0.4) is 0 Å². The minimum absolute atomic E-state index is 0.257. The molecule has 0 bridgehead atoms. The number of nitrogens with one attached hydrogen (secondary N) is 1. The number of nitrogen functional groups attached to an aromatic ring is 1. The van der Waals surface area contributed by atoms with Crippen LogP contribution in [0.15, 0.2) is 29.6 Å². The Kier molecular flexibility index (Phi) is 3.55. The molecule has 0 saturated carbocycles. The SMILES string of the molecule is N#Cc1ccc(CNC(=O)c2csc(N)n2)cc1. The number of rotatable bonds is 3. The molecule has 0 radical (unpaired) electrons. The molecule has 2 rings (SSSR count). The van der Waals surface area contributed by atoms with Crippen molar-refractivity contribution in [2.45, 2.75) is 6.54 Å². The van der Waals surface area contributed by atoms with Crippen molar-refractivity contribution in [3.8, 4) is 6.07 Å². The molecule has 0 aliphatic carbocycles. The van der Waals surface area contributed by atoms with E-state index in [1.54, 1.807) is 29.6 Å². The van der Waals surface area contributed by atoms with E-state index in [0.717, 1.165) is 5.56 Å². The zero-order valence-electron chi connectivity index (χ0n) is 9.38. The second kappa shape index (κ2) is 5.29. The first-order chi connectivity index (χ1) is 8.69. The molecule has 0 aliphatic rings. The largest absolute Gasteiger partial charge is 0.375 e. The van der Waals surface area contributed by atoms with Gasteiger partial charge in [0, 0.05) is 11.9 Å². The number of anilines is 1. The van der Waals surface area contributed by atoms with Gasteiger partial charge in [-0.05, 0) is 17.7 Å². The Labute approximate surface area is 108 Å². The predicted molar refractivity (Wildman–Crippen MR) is 68.9 cm³/mol. The van der Waals surface area contributed by atoms with Crippen molar-refractivity contribution >= 4 is 22.4 Å². The quantitative estimate of drug-likeness (QED) is 0.873. The number of nitrogens with two attached hydrogens (primary N) is 1. The lowest BCUT2D eigenvalue weighted by Gasteiger charge is -2.03. The number of benzene rings is 1. The van der Waals surface area contributed by atoms with Gasteiger partial charge in [-0.1, -0.05) is 12.1 Å². The van der Waals surface area contributed by atoms with Gasteiger partial charge in [-0.2, -0.15) is 5.26 Å².